The van der Waals surface area contributed by atoms with E-state index in [-0.39, 0.29) is 35.8 Å². The minimum Gasteiger partial charge on any atom is -0.471 e. The smallest absolute Gasteiger partial charge is 0.340 e. The van der Waals surface area contributed by atoms with Crippen LogP contribution in [0.15, 0.2) is 18.3 Å². The Labute approximate surface area is 148 Å². The van der Waals surface area contributed by atoms with Crippen LogP contribution in [0.2, 0.25) is 0 Å². The predicted octanol–water partition coefficient (Wildman–Crippen LogP) is 2.51. The number of carbonyl (C=O) groups excluding carboxylic acids is 1. The third kappa shape index (κ3) is 6.00. The van der Waals surface area contributed by atoms with Crippen LogP contribution in [0, 0.1) is 5.92 Å². The first-order valence-corrected chi connectivity index (χ1v) is 7.56. The Hall–Kier alpha value is -1.61. The van der Waals surface area contributed by atoms with Gasteiger partial charge in [-0.3, -0.25) is 4.79 Å². The van der Waals surface area contributed by atoms with Crippen LogP contribution in [0.5, 0.6) is 5.88 Å². The number of nitrogens with one attached hydrogen (secondary N) is 2. The largest absolute Gasteiger partial charge is 0.471 e. The highest BCUT2D eigenvalue weighted by Gasteiger charge is 2.41. The number of pyridine rings is 1. The van der Waals surface area contributed by atoms with Gasteiger partial charge >= 0.3 is 12.3 Å². The van der Waals surface area contributed by atoms with Gasteiger partial charge in [0.1, 0.15) is 0 Å². The zero-order valence-corrected chi connectivity index (χ0v) is 14.3. The minimum atomic E-state index is -4.25. The topological polar surface area (TPSA) is 63.2 Å². The van der Waals surface area contributed by atoms with Crippen molar-refractivity contribution in [2.75, 3.05) is 19.7 Å². The van der Waals surface area contributed by atoms with Gasteiger partial charge < -0.3 is 15.4 Å². The first kappa shape index (κ1) is 21.4. The molecule has 1 aromatic rings. The molecule has 2 rings (SSSR count). The number of carbonyl (C=O) groups is 1. The van der Waals surface area contributed by atoms with Crippen LogP contribution in [0.1, 0.15) is 23.7 Å². The van der Waals surface area contributed by atoms with E-state index in [1.54, 1.807) is 0 Å². The summed E-state index contributed by atoms with van der Waals surface area (Å²) in [4.78, 5) is 15.8. The van der Waals surface area contributed by atoms with Crippen molar-refractivity contribution in [2.45, 2.75) is 31.7 Å². The van der Waals surface area contributed by atoms with E-state index in [0.717, 1.165) is 19.2 Å². The molecular formula is C15H20ClF4N3O2. The van der Waals surface area contributed by atoms with E-state index >= 15 is 0 Å². The van der Waals surface area contributed by atoms with Crippen molar-refractivity contribution >= 4 is 18.3 Å². The summed E-state index contributed by atoms with van der Waals surface area (Å²) in [6, 6.07) is 2.53. The molecule has 1 aromatic heterocycles. The summed E-state index contributed by atoms with van der Waals surface area (Å²) in [6.07, 6.45) is -1.70. The zero-order chi connectivity index (χ0) is 17.7. The second-order valence-electron chi connectivity index (χ2n) is 5.79. The molecular weight excluding hydrogens is 366 g/mol. The van der Waals surface area contributed by atoms with Gasteiger partial charge in [-0.2, -0.15) is 8.78 Å². The highest BCUT2D eigenvalue weighted by atomic mass is 35.5. The highest BCUT2D eigenvalue weighted by molar-refractivity contribution is 5.94. The summed E-state index contributed by atoms with van der Waals surface area (Å²) in [6.45, 7) is 2.15. The molecule has 142 valence electrons. The van der Waals surface area contributed by atoms with Crippen molar-refractivity contribution in [1.82, 2.24) is 15.6 Å². The maximum atomic E-state index is 12.8. The summed E-state index contributed by atoms with van der Waals surface area (Å²) in [5.41, 5.74) is 0.237. The monoisotopic (exact) mass is 385 g/mol. The predicted molar refractivity (Wildman–Crippen MR) is 85.8 cm³/mol. The average molecular weight is 386 g/mol. The third-order valence-corrected chi connectivity index (χ3v) is 3.87. The molecule has 25 heavy (non-hydrogen) atoms. The van der Waals surface area contributed by atoms with Crippen LogP contribution in [-0.2, 0) is 0 Å². The first-order valence-electron chi connectivity index (χ1n) is 7.56. The van der Waals surface area contributed by atoms with E-state index in [0.29, 0.717) is 12.5 Å². The van der Waals surface area contributed by atoms with Gasteiger partial charge in [0.05, 0.1) is 5.56 Å². The minimum absolute atomic E-state index is 0. The summed E-state index contributed by atoms with van der Waals surface area (Å²) >= 11 is 0. The number of nitrogens with zero attached hydrogens (tertiary/aromatic N) is 1. The maximum absolute atomic E-state index is 12.8. The molecule has 1 aliphatic rings. The van der Waals surface area contributed by atoms with Crippen molar-refractivity contribution in [2.24, 2.45) is 5.92 Å². The van der Waals surface area contributed by atoms with Gasteiger partial charge in [0.25, 0.3) is 5.91 Å². The van der Waals surface area contributed by atoms with E-state index < -0.39 is 19.0 Å². The lowest BCUT2D eigenvalue weighted by Crippen LogP contribution is -2.50. The van der Waals surface area contributed by atoms with Crippen LogP contribution in [0.25, 0.3) is 0 Å². The van der Waals surface area contributed by atoms with Gasteiger partial charge in [-0.1, -0.05) is 6.92 Å². The molecule has 2 heterocycles. The molecule has 1 amide bonds. The van der Waals surface area contributed by atoms with Gasteiger partial charge in [-0.05, 0) is 24.9 Å². The second-order valence-corrected chi connectivity index (χ2v) is 5.79. The molecule has 1 fully saturated rings. The molecule has 2 atom stereocenters. The summed E-state index contributed by atoms with van der Waals surface area (Å²) in [7, 11) is 0. The molecule has 10 heteroatoms. The van der Waals surface area contributed by atoms with Crippen LogP contribution in [0.3, 0.4) is 0 Å². The lowest BCUT2D eigenvalue weighted by atomic mass is 9.94. The number of ether oxygens (including phenoxy) is 1. The zero-order valence-electron chi connectivity index (χ0n) is 13.5. The Balaban J connectivity index is 0.00000312. The molecule has 0 radical (unpaired) electrons. The standard InChI is InChI=1S/C15H19F4N3O2.ClH/c1-9-4-5-20-7-11(9)22-13(23)10-2-3-12(21-6-10)24-8-15(18,19)14(16)17;/h2-3,6,9,11,14,20H,4-5,7-8H2,1H3,(H,22,23);1H. The van der Waals surface area contributed by atoms with Crippen molar-refractivity contribution in [3.05, 3.63) is 23.9 Å². The lowest BCUT2D eigenvalue weighted by Gasteiger charge is -2.30. The number of hydrogen-bond donors (Lipinski definition) is 2. The van der Waals surface area contributed by atoms with E-state index in [2.05, 4.69) is 20.4 Å². The average Bonchev–Trinajstić information content (AvgIpc) is 2.55. The van der Waals surface area contributed by atoms with E-state index in [1.165, 1.54) is 12.1 Å². The number of aromatic nitrogens is 1. The third-order valence-electron chi connectivity index (χ3n) is 3.87. The van der Waals surface area contributed by atoms with Crippen LogP contribution < -0.4 is 15.4 Å². The molecule has 5 nitrogen and oxygen atoms in total. The second kappa shape index (κ2) is 9.19. The SMILES string of the molecule is CC1CCNCC1NC(=O)c1ccc(OCC(F)(F)C(F)F)nc1.Cl. The normalized spacial score (nSPS) is 20.7. The van der Waals surface area contributed by atoms with Crippen LogP contribution in [-0.4, -0.2) is 49.0 Å². The van der Waals surface area contributed by atoms with Gasteiger partial charge in [0.15, 0.2) is 6.61 Å². The molecule has 1 aliphatic heterocycles. The molecule has 0 spiro atoms. The number of amides is 1. The molecule has 2 unspecified atom stereocenters. The number of rotatable bonds is 6. The number of alkyl halides is 4. The Morgan fingerprint density at radius 1 is 1.48 bits per heavy atom. The number of halogens is 5. The fourth-order valence-electron chi connectivity index (χ4n) is 2.27. The summed E-state index contributed by atoms with van der Waals surface area (Å²) < 4.78 is 54.1. The molecule has 2 N–H and O–H groups in total. The molecule has 0 aromatic carbocycles. The van der Waals surface area contributed by atoms with Crippen LogP contribution in [0.4, 0.5) is 17.6 Å². The van der Waals surface area contributed by atoms with E-state index in [1.807, 2.05) is 6.92 Å². The Bertz CT molecular complexity index is 560. The van der Waals surface area contributed by atoms with Gasteiger partial charge in [0, 0.05) is 24.8 Å². The Morgan fingerprint density at radius 3 is 2.76 bits per heavy atom. The molecule has 0 bridgehead atoms. The number of hydrogen-bond acceptors (Lipinski definition) is 4. The van der Waals surface area contributed by atoms with Gasteiger partial charge in [-0.25, -0.2) is 13.8 Å². The fourth-order valence-corrected chi connectivity index (χ4v) is 2.27. The molecule has 1 saturated heterocycles. The Morgan fingerprint density at radius 2 is 2.20 bits per heavy atom. The van der Waals surface area contributed by atoms with E-state index in [4.69, 9.17) is 0 Å². The fraction of sp³-hybridized carbons (Fsp3) is 0.600. The van der Waals surface area contributed by atoms with Crippen molar-refractivity contribution in [1.29, 1.82) is 0 Å². The lowest BCUT2D eigenvalue weighted by molar-refractivity contribution is -0.148. The summed E-state index contributed by atoms with van der Waals surface area (Å²) in [5, 5.41) is 6.06. The first-order chi connectivity index (χ1) is 11.3. The Kier molecular flexibility index (Phi) is 7.88. The quantitative estimate of drug-likeness (QED) is 0.739. The van der Waals surface area contributed by atoms with Crippen molar-refractivity contribution < 1.29 is 27.1 Å². The molecule has 0 saturated carbocycles. The maximum Gasteiger partial charge on any atom is 0.340 e. The van der Waals surface area contributed by atoms with Crippen molar-refractivity contribution in [3.8, 4) is 5.88 Å². The number of piperidine rings is 1. The van der Waals surface area contributed by atoms with Crippen molar-refractivity contribution in [3.63, 3.8) is 0 Å². The van der Waals surface area contributed by atoms with E-state index in [9.17, 15) is 22.4 Å². The van der Waals surface area contributed by atoms with Crippen LogP contribution >= 0.6 is 12.4 Å². The summed E-state index contributed by atoms with van der Waals surface area (Å²) in [5.74, 6) is -4.50. The van der Waals surface area contributed by atoms with Gasteiger partial charge in [-0.15, -0.1) is 12.4 Å². The van der Waals surface area contributed by atoms with Gasteiger partial charge in [0.2, 0.25) is 5.88 Å². The molecule has 0 aliphatic carbocycles. The highest BCUT2D eigenvalue weighted by Crippen LogP contribution is 2.23.